The number of carbonyl (C=O) groups is 1. The molecule has 0 aliphatic heterocycles. The van der Waals surface area contributed by atoms with Crippen molar-refractivity contribution in [2.24, 2.45) is 23.2 Å². The molecule has 0 unspecified atom stereocenters. The van der Waals surface area contributed by atoms with Crippen LogP contribution in [0, 0.1) is 33.9 Å². The molecule has 0 N–H and O–H groups in total. The lowest BCUT2D eigenvalue weighted by atomic mass is 9.49. The minimum absolute atomic E-state index is 0.0437. The van der Waals surface area contributed by atoms with Crippen LogP contribution < -0.4 is 0 Å². The lowest BCUT2D eigenvalue weighted by molar-refractivity contribution is -0.160. The van der Waals surface area contributed by atoms with Crippen molar-refractivity contribution in [2.45, 2.75) is 53.2 Å². The third-order valence-electron chi connectivity index (χ3n) is 8.11. The molecule has 0 aromatic heterocycles. The van der Waals surface area contributed by atoms with E-state index in [1.807, 2.05) is 0 Å². The van der Waals surface area contributed by atoms with Crippen molar-refractivity contribution >= 4 is 84.1 Å². The summed E-state index contributed by atoms with van der Waals surface area (Å²) < 4.78 is 10.6. The first-order valence-corrected chi connectivity index (χ1v) is 17.0. The van der Waals surface area contributed by atoms with Crippen molar-refractivity contribution in [3.05, 3.63) is 83.5 Å². The second-order valence-corrected chi connectivity index (χ2v) is 16.9. The van der Waals surface area contributed by atoms with Crippen LogP contribution in [-0.2, 0) is 8.98 Å². The van der Waals surface area contributed by atoms with E-state index < -0.39 is 10.3 Å². The Bertz CT molecular complexity index is 1090. The first-order chi connectivity index (χ1) is 16.9. The molecule has 7 rings (SSSR count). The monoisotopic (exact) mass is 820 g/mol. The van der Waals surface area contributed by atoms with Crippen molar-refractivity contribution < 1.29 is 8.98 Å². The van der Waals surface area contributed by atoms with Crippen molar-refractivity contribution in [1.82, 2.24) is 0 Å². The standard InChI is InChI=1S/C29H27I3O2S/c30-22-1-7-25(8-2-22)35(26-9-3-23(31)4-10-26,27-11-5-24(32)6-12-27)34-28(33)29-16-19-13-20(17-29)15-21(14-19)18-29/h1-12,19-21H,13-18H2. The van der Waals surface area contributed by atoms with Gasteiger partial charge in [-0.2, -0.15) is 0 Å². The molecule has 0 spiro atoms. The number of hydrogen-bond donors (Lipinski definition) is 0. The molecule has 4 saturated carbocycles. The molecule has 3 aromatic carbocycles. The molecule has 4 aliphatic carbocycles. The highest BCUT2D eigenvalue weighted by Gasteiger charge is 2.57. The van der Waals surface area contributed by atoms with Crippen LogP contribution >= 0.6 is 78.1 Å². The van der Waals surface area contributed by atoms with E-state index in [2.05, 4.69) is 141 Å². The Hall–Kier alpha value is -0.330. The third-order valence-corrected chi connectivity index (χ3v) is 13.5. The first-order valence-electron chi connectivity index (χ1n) is 12.2. The molecule has 4 fully saturated rings. The predicted molar refractivity (Wildman–Crippen MR) is 167 cm³/mol. The second kappa shape index (κ2) is 9.76. The molecule has 182 valence electrons. The Balaban J connectivity index is 1.52. The van der Waals surface area contributed by atoms with Crippen LogP contribution in [0.4, 0.5) is 0 Å². The van der Waals surface area contributed by atoms with Gasteiger partial charge in [-0.15, -0.1) is 0 Å². The van der Waals surface area contributed by atoms with E-state index in [1.54, 1.807) is 0 Å². The van der Waals surface area contributed by atoms with E-state index >= 15 is 0 Å². The molecule has 0 atom stereocenters. The van der Waals surface area contributed by atoms with Gasteiger partial charge in [-0.05, 0) is 207 Å². The van der Waals surface area contributed by atoms with Crippen molar-refractivity contribution in [3.63, 3.8) is 0 Å². The van der Waals surface area contributed by atoms with Crippen LogP contribution in [-0.4, -0.2) is 5.97 Å². The molecule has 2 nitrogen and oxygen atoms in total. The van der Waals surface area contributed by atoms with Gasteiger partial charge in [-0.1, -0.05) is 0 Å². The molecule has 6 heteroatoms. The normalized spacial score (nSPS) is 27.6. The summed E-state index contributed by atoms with van der Waals surface area (Å²) in [7, 11) is -2.24. The number of carbonyl (C=O) groups excluding carboxylic acids is 1. The zero-order valence-electron chi connectivity index (χ0n) is 19.3. The van der Waals surface area contributed by atoms with Gasteiger partial charge in [-0.25, -0.2) is 0 Å². The van der Waals surface area contributed by atoms with Crippen LogP contribution in [0.5, 0.6) is 0 Å². The quantitative estimate of drug-likeness (QED) is 0.240. The van der Waals surface area contributed by atoms with Gasteiger partial charge in [-0.3, -0.25) is 4.79 Å². The van der Waals surface area contributed by atoms with Gasteiger partial charge in [0.05, 0.1) is 5.41 Å². The SMILES string of the molecule is O=C(OS(c1ccc(I)cc1)(c1ccc(I)cc1)c1ccc(I)cc1)C12CC3CC(CC(C3)C1)C2. The third kappa shape index (κ3) is 4.60. The van der Waals surface area contributed by atoms with E-state index in [9.17, 15) is 4.79 Å². The highest BCUT2D eigenvalue weighted by molar-refractivity contribution is 14.1. The fraction of sp³-hybridized carbons (Fsp3) is 0.345. The van der Waals surface area contributed by atoms with E-state index in [4.69, 9.17) is 4.18 Å². The van der Waals surface area contributed by atoms with Gasteiger partial charge < -0.3 is 4.18 Å². The highest BCUT2D eigenvalue weighted by Crippen LogP contribution is 2.71. The summed E-state index contributed by atoms with van der Waals surface area (Å²) in [6, 6.07) is 25.8. The Morgan fingerprint density at radius 1 is 0.629 bits per heavy atom. The molecule has 35 heavy (non-hydrogen) atoms. The Morgan fingerprint density at radius 2 is 0.943 bits per heavy atom. The Morgan fingerprint density at radius 3 is 1.26 bits per heavy atom. The number of hydrogen-bond acceptors (Lipinski definition) is 2. The molecule has 0 saturated heterocycles. The highest BCUT2D eigenvalue weighted by atomic mass is 127. The fourth-order valence-electron chi connectivity index (χ4n) is 6.99. The molecule has 0 heterocycles. The van der Waals surface area contributed by atoms with Crippen LogP contribution in [0.15, 0.2) is 87.5 Å². The average Bonchev–Trinajstić information content (AvgIpc) is 2.83. The van der Waals surface area contributed by atoms with Crippen molar-refractivity contribution in [2.75, 3.05) is 0 Å². The molecular weight excluding hydrogens is 793 g/mol. The Labute approximate surface area is 250 Å². The zero-order chi connectivity index (χ0) is 24.2. The van der Waals surface area contributed by atoms with E-state index in [1.165, 1.54) is 30.0 Å². The first kappa shape index (κ1) is 25.0. The molecular formula is C29H27I3O2S. The maximum absolute atomic E-state index is 14.4. The second-order valence-electron chi connectivity index (χ2n) is 10.5. The van der Waals surface area contributed by atoms with Gasteiger partial charge in [0.15, 0.2) is 0 Å². The molecule has 3 aromatic rings. The topological polar surface area (TPSA) is 26.3 Å². The summed E-state index contributed by atoms with van der Waals surface area (Å²) in [5.74, 6) is 2.15. The van der Waals surface area contributed by atoms with E-state index in [0.717, 1.165) is 33.9 Å². The van der Waals surface area contributed by atoms with Crippen molar-refractivity contribution in [3.8, 4) is 0 Å². The molecule has 4 bridgehead atoms. The maximum Gasteiger partial charge on any atom is 0.323 e. The molecule has 0 amide bonds. The summed E-state index contributed by atoms with van der Waals surface area (Å²) in [6.07, 6.45) is 6.99. The lowest BCUT2D eigenvalue weighted by Crippen LogP contribution is -2.50. The van der Waals surface area contributed by atoms with Gasteiger partial charge in [0.2, 0.25) is 0 Å². The summed E-state index contributed by atoms with van der Waals surface area (Å²) in [5, 5.41) is 0. The van der Waals surface area contributed by atoms with Gasteiger partial charge in [0, 0.05) is 25.4 Å². The lowest BCUT2D eigenvalue weighted by Gasteiger charge is -2.56. The van der Waals surface area contributed by atoms with Crippen LogP contribution in [0.2, 0.25) is 0 Å². The largest absolute Gasteiger partial charge is 0.402 e. The fourth-order valence-corrected chi connectivity index (χ4v) is 11.1. The number of benzene rings is 3. The van der Waals surface area contributed by atoms with Crippen LogP contribution in [0.3, 0.4) is 0 Å². The summed E-state index contributed by atoms with van der Waals surface area (Å²) >= 11 is 7.04. The average molecular weight is 820 g/mol. The Kier molecular flexibility index (Phi) is 6.97. The summed E-state index contributed by atoms with van der Waals surface area (Å²) in [6.45, 7) is 0. The maximum atomic E-state index is 14.4. The summed E-state index contributed by atoms with van der Waals surface area (Å²) in [5.41, 5.74) is -0.303. The van der Waals surface area contributed by atoms with E-state index in [0.29, 0.717) is 17.8 Å². The van der Waals surface area contributed by atoms with Gasteiger partial charge in [0.25, 0.3) is 0 Å². The van der Waals surface area contributed by atoms with Crippen LogP contribution in [0.25, 0.3) is 0 Å². The minimum Gasteiger partial charge on any atom is -0.402 e. The zero-order valence-corrected chi connectivity index (χ0v) is 26.6. The molecule has 4 aliphatic rings. The number of halogens is 3. The van der Waals surface area contributed by atoms with Gasteiger partial charge >= 0.3 is 5.97 Å². The predicted octanol–water partition coefficient (Wildman–Crippen LogP) is 9.46. The van der Waals surface area contributed by atoms with E-state index in [-0.39, 0.29) is 11.4 Å². The summed E-state index contributed by atoms with van der Waals surface area (Å²) in [4.78, 5) is 17.7. The minimum atomic E-state index is -2.24. The molecule has 0 radical (unpaired) electrons. The smallest absolute Gasteiger partial charge is 0.323 e. The van der Waals surface area contributed by atoms with Crippen LogP contribution in [0.1, 0.15) is 38.5 Å². The van der Waals surface area contributed by atoms with Gasteiger partial charge in [0.1, 0.15) is 0 Å². The number of rotatable bonds is 5. The van der Waals surface area contributed by atoms with Crippen molar-refractivity contribution in [1.29, 1.82) is 0 Å².